The fourth-order valence-electron chi connectivity index (χ4n) is 5.08. The number of halogens is 1. The molecule has 1 fully saturated rings. The smallest absolute Gasteiger partial charge is 0.159 e. The Morgan fingerprint density at radius 3 is 2.36 bits per heavy atom. The van der Waals surface area contributed by atoms with Gasteiger partial charge in [0.25, 0.3) is 0 Å². The molecule has 0 unspecified atom stereocenters. The van der Waals surface area contributed by atoms with Crippen molar-refractivity contribution < 1.29 is 18.9 Å². The lowest BCUT2D eigenvalue weighted by Crippen LogP contribution is -2.39. The molecule has 0 aromatic heterocycles. The van der Waals surface area contributed by atoms with Crippen LogP contribution < -0.4 is 14.4 Å². The molecule has 0 radical (unpaired) electrons. The predicted octanol–water partition coefficient (Wildman–Crippen LogP) is 6.65. The third kappa shape index (κ3) is 5.46. The van der Waals surface area contributed by atoms with E-state index < -0.39 is 0 Å². The van der Waals surface area contributed by atoms with Gasteiger partial charge < -0.3 is 23.8 Å². The molecule has 1 saturated heterocycles. The summed E-state index contributed by atoms with van der Waals surface area (Å²) in [6.45, 7) is 3.03. The largest absolute Gasteiger partial charge is 0.489 e. The molecule has 0 bridgehead atoms. The van der Waals surface area contributed by atoms with Crippen LogP contribution in [-0.4, -0.2) is 40.2 Å². The first kappa shape index (κ1) is 24.9. The van der Waals surface area contributed by atoms with Gasteiger partial charge in [-0.2, -0.15) is 0 Å². The summed E-state index contributed by atoms with van der Waals surface area (Å²) in [5, 5.41) is 0. The van der Waals surface area contributed by atoms with Crippen molar-refractivity contribution in [3.8, 4) is 11.5 Å². The Labute approximate surface area is 221 Å². The maximum Gasteiger partial charge on any atom is 0.159 e. The Bertz CT molecular complexity index is 1180. The monoisotopic (exact) mass is 549 g/mol. The topological polar surface area (TPSA) is 40.2 Å². The zero-order chi connectivity index (χ0) is 24.9. The molecule has 188 valence electrons. The second-order valence-corrected chi connectivity index (χ2v) is 10.2. The molecule has 0 spiro atoms. The molecule has 0 atom stereocenters. The molecule has 2 aliphatic heterocycles. The van der Waals surface area contributed by atoms with E-state index in [4.69, 9.17) is 18.9 Å². The van der Waals surface area contributed by atoms with E-state index in [2.05, 4.69) is 63.3 Å². The van der Waals surface area contributed by atoms with Gasteiger partial charge in [0.1, 0.15) is 24.7 Å². The summed E-state index contributed by atoms with van der Waals surface area (Å²) in [5.41, 5.74) is 5.79. The minimum Gasteiger partial charge on any atom is -0.489 e. The third-order valence-electron chi connectivity index (χ3n) is 7.01. The van der Waals surface area contributed by atoms with E-state index in [1.165, 1.54) is 16.8 Å². The number of hydrogen-bond donors (Lipinski definition) is 0. The van der Waals surface area contributed by atoms with Crippen LogP contribution in [0.5, 0.6) is 11.5 Å². The number of methoxy groups -OCH3 is 2. The maximum atomic E-state index is 6.03. The van der Waals surface area contributed by atoms with Gasteiger partial charge in [0.15, 0.2) is 6.29 Å². The number of anilines is 1. The SMILES string of the molecule is COC(OC)C1CCN(c2ccc(C3=C(Br)COc4cc(OCc5ccccc5)ccc43)cc2)CC1. The molecule has 0 N–H and O–H groups in total. The van der Waals surface area contributed by atoms with Crippen LogP contribution in [0.1, 0.15) is 29.5 Å². The molecule has 3 aromatic rings. The summed E-state index contributed by atoms with van der Waals surface area (Å²) >= 11 is 3.76. The summed E-state index contributed by atoms with van der Waals surface area (Å²) in [5.74, 6) is 2.09. The molecule has 2 heterocycles. The van der Waals surface area contributed by atoms with Crippen molar-refractivity contribution in [2.75, 3.05) is 38.8 Å². The normalized spacial score (nSPS) is 16.2. The van der Waals surface area contributed by atoms with Gasteiger partial charge in [0, 0.05) is 60.6 Å². The van der Waals surface area contributed by atoms with Crippen molar-refractivity contribution in [3.63, 3.8) is 0 Å². The summed E-state index contributed by atoms with van der Waals surface area (Å²) in [4.78, 5) is 2.44. The van der Waals surface area contributed by atoms with E-state index in [1.807, 2.05) is 30.3 Å². The van der Waals surface area contributed by atoms with Crippen LogP contribution in [0.2, 0.25) is 0 Å². The van der Waals surface area contributed by atoms with Gasteiger partial charge in [0.05, 0.1) is 0 Å². The van der Waals surface area contributed by atoms with Crippen LogP contribution in [0.4, 0.5) is 5.69 Å². The van der Waals surface area contributed by atoms with Crippen molar-refractivity contribution in [2.24, 2.45) is 5.92 Å². The molecule has 0 amide bonds. The van der Waals surface area contributed by atoms with E-state index in [1.54, 1.807) is 14.2 Å². The van der Waals surface area contributed by atoms with Crippen molar-refractivity contribution in [1.29, 1.82) is 0 Å². The Balaban J connectivity index is 1.28. The van der Waals surface area contributed by atoms with Gasteiger partial charge in [-0.25, -0.2) is 0 Å². The Morgan fingerprint density at radius 2 is 1.67 bits per heavy atom. The standard InChI is InChI=1S/C30H32BrNO4/c1-33-30(34-2)23-14-16-32(17-15-23)24-10-8-22(9-11-24)29-26-13-12-25(18-28(26)36-20-27(29)31)35-19-21-6-4-3-5-7-21/h3-13,18,23,30H,14-17,19-20H2,1-2H3. The average molecular weight is 550 g/mol. The minimum absolute atomic E-state index is 0.114. The fraction of sp³-hybridized carbons (Fsp3) is 0.333. The van der Waals surface area contributed by atoms with Crippen LogP contribution in [-0.2, 0) is 16.1 Å². The maximum absolute atomic E-state index is 6.03. The van der Waals surface area contributed by atoms with Gasteiger partial charge in [-0.15, -0.1) is 0 Å². The lowest BCUT2D eigenvalue weighted by atomic mass is 9.94. The zero-order valence-electron chi connectivity index (χ0n) is 20.8. The highest BCUT2D eigenvalue weighted by molar-refractivity contribution is 9.11. The number of fused-ring (bicyclic) bond motifs is 1. The number of piperidine rings is 1. The van der Waals surface area contributed by atoms with Crippen molar-refractivity contribution in [1.82, 2.24) is 0 Å². The summed E-state index contributed by atoms with van der Waals surface area (Å²) < 4.78 is 24.0. The van der Waals surface area contributed by atoms with E-state index in [9.17, 15) is 0 Å². The molecule has 5 nitrogen and oxygen atoms in total. The second kappa shape index (κ2) is 11.5. The Hall–Kier alpha value is -2.80. The first-order valence-corrected chi connectivity index (χ1v) is 13.2. The molecular weight excluding hydrogens is 518 g/mol. The Morgan fingerprint density at radius 1 is 0.944 bits per heavy atom. The van der Waals surface area contributed by atoms with Gasteiger partial charge in [-0.3, -0.25) is 0 Å². The highest BCUT2D eigenvalue weighted by atomic mass is 79.9. The second-order valence-electron chi connectivity index (χ2n) is 9.21. The summed E-state index contributed by atoms with van der Waals surface area (Å²) in [6.07, 6.45) is 2.01. The summed E-state index contributed by atoms with van der Waals surface area (Å²) in [7, 11) is 3.44. The van der Waals surface area contributed by atoms with Crippen LogP contribution in [0.15, 0.2) is 77.3 Å². The minimum atomic E-state index is -0.114. The van der Waals surface area contributed by atoms with E-state index in [0.29, 0.717) is 19.1 Å². The summed E-state index contributed by atoms with van der Waals surface area (Å²) in [6, 6.07) is 25.1. The average Bonchev–Trinajstić information content (AvgIpc) is 2.94. The first-order valence-electron chi connectivity index (χ1n) is 12.4. The molecule has 0 saturated carbocycles. The van der Waals surface area contributed by atoms with Gasteiger partial charge in [-0.05, 0) is 48.2 Å². The quantitative estimate of drug-likeness (QED) is 0.294. The van der Waals surface area contributed by atoms with Crippen LogP contribution >= 0.6 is 15.9 Å². The van der Waals surface area contributed by atoms with E-state index in [-0.39, 0.29) is 6.29 Å². The fourth-order valence-corrected chi connectivity index (χ4v) is 5.64. The van der Waals surface area contributed by atoms with Gasteiger partial charge >= 0.3 is 0 Å². The molecule has 3 aromatic carbocycles. The molecule has 36 heavy (non-hydrogen) atoms. The molecule has 0 aliphatic carbocycles. The van der Waals surface area contributed by atoms with Crippen molar-refractivity contribution in [2.45, 2.75) is 25.7 Å². The van der Waals surface area contributed by atoms with E-state index >= 15 is 0 Å². The van der Waals surface area contributed by atoms with Crippen molar-refractivity contribution >= 4 is 27.2 Å². The molecule has 2 aliphatic rings. The number of hydrogen-bond acceptors (Lipinski definition) is 5. The first-order chi connectivity index (χ1) is 17.7. The number of rotatable bonds is 8. The molecular formula is C30H32BrNO4. The van der Waals surface area contributed by atoms with Crippen LogP contribution in [0.3, 0.4) is 0 Å². The molecule has 5 rings (SSSR count). The van der Waals surface area contributed by atoms with Gasteiger partial charge in [0.2, 0.25) is 0 Å². The predicted molar refractivity (Wildman–Crippen MR) is 147 cm³/mol. The van der Waals surface area contributed by atoms with Crippen LogP contribution in [0, 0.1) is 5.92 Å². The van der Waals surface area contributed by atoms with Gasteiger partial charge in [-0.1, -0.05) is 58.4 Å². The number of ether oxygens (including phenoxy) is 4. The number of benzene rings is 3. The molecule has 6 heteroatoms. The van der Waals surface area contributed by atoms with Crippen molar-refractivity contribution in [3.05, 3.63) is 94.0 Å². The highest BCUT2D eigenvalue weighted by Gasteiger charge is 2.27. The van der Waals surface area contributed by atoms with Crippen LogP contribution in [0.25, 0.3) is 5.57 Å². The lowest BCUT2D eigenvalue weighted by Gasteiger charge is -2.36. The zero-order valence-corrected chi connectivity index (χ0v) is 22.4. The Kier molecular flexibility index (Phi) is 7.95. The third-order valence-corrected chi connectivity index (χ3v) is 7.63. The highest BCUT2D eigenvalue weighted by Crippen LogP contribution is 2.41. The van der Waals surface area contributed by atoms with E-state index in [0.717, 1.165) is 53.0 Å². The number of nitrogens with zero attached hydrogens (tertiary/aromatic N) is 1. The lowest BCUT2D eigenvalue weighted by molar-refractivity contribution is -0.141.